The zero-order chi connectivity index (χ0) is 30.3. The fraction of sp³-hybridized carbons (Fsp3) is 0.444. The third kappa shape index (κ3) is 5.73. The molecular weight excluding hydrogens is 579 g/mol. The molecule has 0 bridgehead atoms. The van der Waals surface area contributed by atoms with Gasteiger partial charge in [0.1, 0.15) is 12.2 Å². The molecule has 1 saturated heterocycles. The summed E-state index contributed by atoms with van der Waals surface area (Å²) in [6, 6.07) is 1.95. The number of fused-ring (bicyclic) bond motifs is 1. The second-order valence-corrected chi connectivity index (χ2v) is 10.6. The number of rotatable bonds is 5. The number of halogens is 4. The summed E-state index contributed by atoms with van der Waals surface area (Å²) in [6.07, 6.45) is -2.25. The molecule has 0 aliphatic carbocycles. The van der Waals surface area contributed by atoms with Crippen LogP contribution in [0.1, 0.15) is 36.0 Å². The van der Waals surface area contributed by atoms with E-state index in [1.54, 1.807) is 16.4 Å². The summed E-state index contributed by atoms with van der Waals surface area (Å²) in [5.74, 6) is -0.138. The Morgan fingerprint density at radius 3 is 2.48 bits per heavy atom. The summed E-state index contributed by atoms with van der Waals surface area (Å²) in [4.78, 5) is 47.1. The fourth-order valence-electron chi connectivity index (χ4n) is 5.18. The number of benzene rings is 1. The first-order chi connectivity index (χ1) is 19.8. The van der Waals surface area contributed by atoms with Crippen molar-refractivity contribution in [1.82, 2.24) is 24.1 Å². The van der Waals surface area contributed by atoms with E-state index in [1.165, 1.54) is 18.4 Å². The second-order valence-electron chi connectivity index (χ2n) is 10.2. The summed E-state index contributed by atoms with van der Waals surface area (Å²) in [5.41, 5.74) is 0.498. The SMILES string of the molecule is CC(=O)N1CCN(c2c(C)n(CC(=O)Nc3cc(Cl)c(C(F)(F)F)cc3C)c3nc(C4=CCOCC4)nn3c2=O)CC1. The minimum absolute atomic E-state index is 0.0553. The van der Waals surface area contributed by atoms with E-state index in [-0.39, 0.29) is 29.5 Å². The van der Waals surface area contributed by atoms with Crippen molar-refractivity contribution in [3.05, 3.63) is 56.2 Å². The number of piperazine rings is 1. The first-order valence-corrected chi connectivity index (χ1v) is 13.7. The number of aryl methyl sites for hydroxylation is 1. The molecule has 5 rings (SSSR count). The summed E-state index contributed by atoms with van der Waals surface area (Å²) in [5, 5.41) is 6.59. The summed E-state index contributed by atoms with van der Waals surface area (Å²) >= 11 is 5.89. The monoisotopic (exact) mass is 607 g/mol. The van der Waals surface area contributed by atoms with Gasteiger partial charge >= 0.3 is 6.18 Å². The molecule has 3 aromatic rings. The van der Waals surface area contributed by atoms with E-state index in [0.29, 0.717) is 63.0 Å². The highest BCUT2D eigenvalue weighted by atomic mass is 35.5. The fourth-order valence-corrected chi connectivity index (χ4v) is 5.45. The molecule has 15 heteroatoms. The molecule has 2 aromatic heterocycles. The Morgan fingerprint density at radius 2 is 1.86 bits per heavy atom. The van der Waals surface area contributed by atoms with Gasteiger partial charge in [-0.3, -0.25) is 14.4 Å². The van der Waals surface area contributed by atoms with Crippen LogP contribution in [-0.4, -0.2) is 75.3 Å². The molecule has 0 radical (unpaired) electrons. The summed E-state index contributed by atoms with van der Waals surface area (Å²) in [6.45, 7) is 6.85. The van der Waals surface area contributed by atoms with Crippen LogP contribution in [0.2, 0.25) is 5.02 Å². The van der Waals surface area contributed by atoms with Crippen LogP contribution in [0.5, 0.6) is 0 Å². The number of carbonyl (C=O) groups is 2. The lowest BCUT2D eigenvalue weighted by molar-refractivity contribution is -0.137. The molecule has 0 atom stereocenters. The van der Waals surface area contributed by atoms with Gasteiger partial charge in [-0.15, -0.1) is 5.10 Å². The molecule has 1 fully saturated rings. The Morgan fingerprint density at radius 1 is 1.14 bits per heavy atom. The molecule has 42 heavy (non-hydrogen) atoms. The van der Waals surface area contributed by atoms with Gasteiger partial charge in [-0.2, -0.15) is 22.7 Å². The molecule has 0 unspecified atom stereocenters. The average molecular weight is 608 g/mol. The number of ether oxygens (including phenoxy) is 1. The predicted molar refractivity (Wildman–Crippen MR) is 150 cm³/mol. The van der Waals surface area contributed by atoms with Gasteiger partial charge in [-0.1, -0.05) is 17.7 Å². The predicted octanol–water partition coefficient (Wildman–Crippen LogP) is 3.29. The van der Waals surface area contributed by atoms with Gasteiger partial charge in [0.2, 0.25) is 17.6 Å². The molecule has 1 aromatic carbocycles. The van der Waals surface area contributed by atoms with Gasteiger partial charge in [0.25, 0.3) is 5.56 Å². The van der Waals surface area contributed by atoms with Crippen molar-refractivity contribution < 1.29 is 27.5 Å². The molecule has 2 aliphatic rings. The van der Waals surface area contributed by atoms with Crippen molar-refractivity contribution in [3.8, 4) is 0 Å². The number of hydrogen-bond acceptors (Lipinski definition) is 7. The largest absolute Gasteiger partial charge is 0.417 e. The van der Waals surface area contributed by atoms with Crippen molar-refractivity contribution in [1.29, 1.82) is 0 Å². The molecule has 4 heterocycles. The van der Waals surface area contributed by atoms with Crippen molar-refractivity contribution in [2.75, 3.05) is 49.6 Å². The molecule has 0 spiro atoms. The van der Waals surface area contributed by atoms with Crippen LogP contribution in [0.4, 0.5) is 24.5 Å². The first-order valence-electron chi connectivity index (χ1n) is 13.3. The smallest absolute Gasteiger partial charge is 0.377 e. The van der Waals surface area contributed by atoms with Crippen LogP contribution in [0, 0.1) is 13.8 Å². The lowest BCUT2D eigenvalue weighted by Gasteiger charge is -2.36. The molecule has 224 valence electrons. The number of nitrogens with zero attached hydrogens (tertiary/aromatic N) is 6. The Balaban J connectivity index is 1.54. The minimum atomic E-state index is -4.64. The number of anilines is 2. The number of hydrogen-bond donors (Lipinski definition) is 1. The molecule has 11 nitrogen and oxygen atoms in total. The quantitative estimate of drug-likeness (QED) is 0.473. The van der Waals surface area contributed by atoms with Gasteiger partial charge in [0, 0.05) is 44.5 Å². The van der Waals surface area contributed by atoms with E-state index >= 15 is 0 Å². The van der Waals surface area contributed by atoms with E-state index in [9.17, 15) is 27.6 Å². The van der Waals surface area contributed by atoms with E-state index in [4.69, 9.17) is 16.3 Å². The van der Waals surface area contributed by atoms with E-state index in [2.05, 4.69) is 15.4 Å². The lowest BCUT2D eigenvalue weighted by atomic mass is 10.1. The normalized spacial score (nSPS) is 16.1. The van der Waals surface area contributed by atoms with Crippen LogP contribution in [-0.2, 0) is 27.0 Å². The highest BCUT2D eigenvalue weighted by molar-refractivity contribution is 6.31. The van der Waals surface area contributed by atoms with Gasteiger partial charge in [0.15, 0.2) is 5.82 Å². The zero-order valence-electron chi connectivity index (χ0n) is 23.2. The van der Waals surface area contributed by atoms with Gasteiger partial charge in [-0.25, -0.2) is 0 Å². The van der Waals surface area contributed by atoms with Crippen LogP contribution in [0.15, 0.2) is 23.0 Å². The Hall–Kier alpha value is -3.91. The van der Waals surface area contributed by atoms with Crippen molar-refractivity contribution >= 4 is 46.1 Å². The standard InChI is InChI=1S/C27H29ClF3N7O4/c1-15-12-19(27(29,30)31)20(28)13-21(15)32-22(40)14-37-16(2)23(36-8-6-35(7-9-36)17(3)39)25(41)38-26(37)33-24(34-38)18-4-10-42-11-5-18/h4,12-13H,5-11,14H2,1-3H3,(H,32,40). The molecule has 2 amide bonds. The third-order valence-electron chi connectivity index (χ3n) is 7.46. The summed E-state index contributed by atoms with van der Waals surface area (Å²) in [7, 11) is 0. The Kier molecular flexibility index (Phi) is 8.03. The molecule has 0 saturated carbocycles. The van der Waals surface area contributed by atoms with Crippen LogP contribution >= 0.6 is 11.6 Å². The molecule has 2 aliphatic heterocycles. The van der Waals surface area contributed by atoms with Gasteiger partial charge < -0.3 is 24.4 Å². The second kappa shape index (κ2) is 11.4. The van der Waals surface area contributed by atoms with Crippen molar-refractivity contribution in [2.24, 2.45) is 0 Å². The number of alkyl halides is 3. The first kappa shape index (κ1) is 29.6. The number of nitrogens with one attached hydrogen (secondary N) is 1. The number of aromatic nitrogens is 4. The van der Waals surface area contributed by atoms with Crippen LogP contribution in [0.25, 0.3) is 11.4 Å². The maximum Gasteiger partial charge on any atom is 0.417 e. The highest BCUT2D eigenvalue weighted by Gasteiger charge is 2.34. The maximum atomic E-state index is 13.8. The van der Waals surface area contributed by atoms with Gasteiger partial charge in [-0.05, 0) is 43.5 Å². The van der Waals surface area contributed by atoms with Crippen LogP contribution < -0.4 is 15.8 Å². The lowest BCUT2D eigenvalue weighted by Crippen LogP contribution is -2.50. The third-order valence-corrected chi connectivity index (χ3v) is 7.77. The van der Waals surface area contributed by atoms with Gasteiger partial charge in [0.05, 0.1) is 23.8 Å². The van der Waals surface area contributed by atoms with E-state index in [0.717, 1.165) is 17.7 Å². The minimum Gasteiger partial charge on any atom is -0.377 e. The zero-order valence-corrected chi connectivity index (χ0v) is 24.0. The Labute approximate surface area is 243 Å². The highest BCUT2D eigenvalue weighted by Crippen LogP contribution is 2.37. The topological polar surface area (TPSA) is 114 Å². The van der Waals surface area contributed by atoms with E-state index < -0.39 is 28.2 Å². The molecular formula is C27H29ClF3N7O4. The Bertz CT molecular complexity index is 1660. The van der Waals surface area contributed by atoms with E-state index in [1.807, 2.05) is 11.0 Å². The molecule has 1 N–H and O–H groups in total. The van der Waals surface area contributed by atoms with Crippen molar-refractivity contribution in [2.45, 2.75) is 39.9 Å². The number of carbonyl (C=O) groups excluding carboxylic acids is 2. The average Bonchev–Trinajstić information content (AvgIpc) is 3.39. The maximum absolute atomic E-state index is 13.8. The number of amides is 2. The van der Waals surface area contributed by atoms with Crippen molar-refractivity contribution in [3.63, 3.8) is 0 Å². The summed E-state index contributed by atoms with van der Waals surface area (Å²) < 4.78 is 47.9. The van der Waals surface area contributed by atoms with Crippen LogP contribution in [0.3, 0.4) is 0 Å².